The van der Waals surface area contributed by atoms with Gasteiger partial charge in [-0.1, -0.05) is 33.6 Å². The molecule has 170 valence electrons. The molecule has 1 spiro atoms. The Morgan fingerprint density at radius 3 is 2.43 bits per heavy atom. The van der Waals surface area contributed by atoms with Gasteiger partial charge in [0.1, 0.15) is 0 Å². The first kappa shape index (κ1) is 20.5. The summed E-state index contributed by atoms with van der Waals surface area (Å²) in [6.07, 6.45) is 15.0. The molecule has 6 fully saturated rings. The molecule has 0 amide bonds. The van der Waals surface area contributed by atoms with Crippen LogP contribution in [0.3, 0.4) is 0 Å². The molecule has 3 heteroatoms. The number of rotatable bonds is 0. The van der Waals surface area contributed by atoms with Crippen LogP contribution in [0.2, 0.25) is 0 Å². The Kier molecular flexibility index (Phi) is 4.42. The summed E-state index contributed by atoms with van der Waals surface area (Å²) in [5, 5.41) is 10.4. The average Bonchev–Trinajstić information content (AvgIpc) is 3.15. The van der Waals surface area contributed by atoms with E-state index in [1.54, 1.807) is 0 Å². The van der Waals surface area contributed by atoms with Gasteiger partial charge in [-0.3, -0.25) is 0 Å². The van der Waals surface area contributed by atoms with Crippen molar-refractivity contribution in [3.05, 3.63) is 0 Å². The second-order valence-electron chi connectivity index (χ2n) is 13.3. The Labute approximate surface area is 183 Å². The van der Waals surface area contributed by atoms with Gasteiger partial charge in [0.2, 0.25) is 0 Å². The second kappa shape index (κ2) is 6.48. The number of ether oxygens (including phenoxy) is 2. The van der Waals surface area contributed by atoms with Crippen molar-refractivity contribution in [1.29, 1.82) is 0 Å². The Balaban J connectivity index is 1.26. The van der Waals surface area contributed by atoms with Crippen molar-refractivity contribution in [2.75, 3.05) is 6.61 Å². The summed E-state index contributed by atoms with van der Waals surface area (Å²) in [4.78, 5) is 0. The first-order chi connectivity index (χ1) is 14.2. The van der Waals surface area contributed by atoms with Crippen LogP contribution in [0.5, 0.6) is 0 Å². The lowest BCUT2D eigenvalue weighted by molar-refractivity contribution is -0.294. The Morgan fingerprint density at radius 2 is 1.67 bits per heavy atom. The van der Waals surface area contributed by atoms with Crippen molar-refractivity contribution < 1.29 is 14.6 Å². The van der Waals surface area contributed by atoms with Gasteiger partial charge in [-0.05, 0) is 98.7 Å². The minimum Gasteiger partial charge on any atom is -0.388 e. The van der Waals surface area contributed by atoms with Crippen LogP contribution in [0.4, 0.5) is 0 Å². The molecule has 2 aliphatic heterocycles. The molecule has 0 radical (unpaired) electrons. The summed E-state index contributed by atoms with van der Waals surface area (Å²) in [6, 6.07) is 0. The van der Waals surface area contributed by atoms with E-state index >= 15 is 0 Å². The Hall–Kier alpha value is -0.120. The Morgan fingerprint density at radius 1 is 0.833 bits per heavy atom. The largest absolute Gasteiger partial charge is 0.388 e. The SMILES string of the molecule is C[C@H]1[C@H]2[C@H](C[C@H]3[C@@H]4CCC5CCCC[C@]5(C)[C@H]4CC[C@]23C)O[C@]12CC[C@](C)(O)CO2. The molecule has 0 bridgehead atoms. The van der Waals surface area contributed by atoms with Gasteiger partial charge in [-0.15, -0.1) is 0 Å². The molecule has 0 aromatic carbocycles. The highest BCUT2D eigenvalue weighted by atomic mass is 16.7. The van der Waals surface area contributed by atoms with Gasteiger partial charge in [0, 0.05) is 12.3 Å². The van der Waals surface area contributed by atoms with Crippen LogP contribution in [-0.2, 0) is 9.47 Å². The van der Waals surface area contributed by atoms with Crippen molar-refractivity contribution >= 4 is 0 Å². The predicted octanol–water partition coefficient (Wildman–Crippen LogP) is 5.94. The van der Waals surface area contributed by atoms with E-state index in [1.807, 2.05) is 6.92 Å². The summed E-state index contributed by atoms with van der Waals surface area (Å²) < 4.78 is 13.2. The average molecular weight is 417 g/mol. The van der Waals surface area contributed by atoms with Crippen LogP contribution >= 0.6 is 0 Å². The number of hydrogen-bond acceptors (Lipinski definition) is 3. The normalized spacial score (nSPS) is 62.5. The van der Waals surface area contributed by atoms with Crippen molar-refractivity contribution in [1.82, 2.24) is 0 Å². The third kappa shape index (κ3) is 2.61. The van der Waals surface area contributed by atoms with Crippen molar-refractivity contribution in [3.63, 3.8) is 0 Å². The summed E-state index contributed by atoms with van der Waals surface area (Å²) in [6.45, 7) is 10.0. The van der Waals surface area contributed by atoms with Crippen LogP contribution < -0.4 is 0 Å². The van der Waals surface area contributed by atoms with E-state index in [0.717, 1.165) is 36.5 Å². The van der Waals surface area contributed by atoms with Gasteiger partial charge in [0.25, 0.3) is 0 Å². The quantitative estimate of drug-likeness (QED) is 0.531. The zero-order valence-electron chi connectivity index (χ0n) is 19.8. The maximum atomic E-state index is 10.4. The first-order valence-electron chi connectivity index (χ1n) is 13.2. The van der Waals surface area contributed by atoms with Crippen LogP contribution in [-0.4, -0.2) is 29.2 Å². The highest BCUT2D eigenvalue weighted by Crippen LogP contribution is 2.71. The maximum Gasteiger partial charge on any atom is 0.171 e. The van der Waals surface area contributed by atoms with E-state index in [1.165, 1.54) is 57.8 Å². The molecule has 4 aliphatic carbocycles. The van der Waals surface area contributed by atoms with Gasteiger partial charge in [-0.2, -0.15) is 0 Å². The number of fused-ring (bicyclic) bond motifs is 7. The highest BCUT2D eigenvalue weighted by molar-refractivity contribution is 5.15. The van der Waals surface area contributed by atoms with E-state index in [2.05, 4.69) is 20.8 Å². The van der Waals surface area contributed by atoms with Gasteiger partial charge >= 0.3 is 0 Å². The zero-order valence-corrected chi connectivity index (χ0v) is 19.8. The van der Waals surface area contributed by atoms with Gasteiger partial charge in [0.05, 0.1) is 18.3 Å². The molecule has 6 rings (SSSR count). The molecular formula is C27H44O3. The van der Waals surface area contributed by atoms with Crippen LogP contribution in [0, 0.1) is 46.3 Å². The lowest BCUT2D eigenvalue weighted by Crippen LogP contribution is -2.55. The fourth-order valence-corrected chi connectivity index (χ4v) is 10.3. The number of aliphatic hydroxyl groups is 1. The zero-order chi connectivity index (χ0) is 20.9. The third-order valence-electron chi connectivity index (χ3n) is 11.9. The van der Waals surface area contributed by atoms with E-state index in [9.17, 15) is 5.11 Å². The molecule has 6 aliphatic rings. The van der Waals surface area contributed by atoms with E-state index in [-0.39, 0.29) is 0 Å². The predicted molar refractivity (Wildman–Crippen MR) is 118 cm³/mol. The topological polar surface area (TPSA) is 38.7 Å². The smallest absolute Gasteiger partial charge is 0.171 e. The second-order valence-corrected chi connectivity index (χ2v) is 13.3. The molecule has 2 heterocycles. The molecule has 30 heavy (non-hydrogen) atoms. The molecule has 0 aromatic heterocycles. The molecule has 2 saturated heterocycles. The molecule has 4 saturated carbocycles. The van der Waals surface area contributed by atoms with Crippen molar-refractivity contribution in [2.24, 2.45) is 46.3 Å². The van der Waals surface area contributed by atoms with E-state index < -0.39 is 11.4 Å². The van der Waals surface area contributed by atoms with Crippen LogP contribution in [0.25, 0.3) is 0 Å². The maximum absolute atomic E-state index is 10.4. The first-order valence-corrected chi connectivity index (χ1v) is 13.2. The third-order valence-corrected chi connectivity index (χ3v) is 11.9. The number of hydrogen-bond donors (Lipinski definition) is 1. The van der Waals surface area contributed by atoms with Gasteiger partial charge in [0.15, 0.2) is 5.79 Å². The fraction of sp³-hybridized carbons (Fsp3) is 1.00. The molecule has 3 nitrogen and oxygen atoms in total. The molecule has 0 aromatic rings. The highest BCUT2D eigenvalue weighted by Gasteiger charge is 2.69. The summed E-state index contributed by atoms with van der Waals surface area (Å²) in [5.41, 5.74) is 0.340. The molecule has 1 unspecified atom stereocenters. The van der Waals surface area contributed by atoms with E-state index in [0.29, 0.717) is 35.4 Å². The lowest BCUT2D eigenvalue weighted by Gasteiger charge is -2.61. The molecular weight excluding hydrogens is 372 g/mol. The fourth-order valence-electron chi connectivity index (χ4n) is 10.3. The lowest BCUT2D eigenvalue weighted by atomic mass is 9.44. The minimum atomic E-state index is -0.690. The van der Waals surface area contributed by atoms with Crippen LogP contribution in [0.15, 0.2) is 0 Å². The van der Waals surface area contributed by atoms with E-state index in [4.69, 9.17) is 9.47 Å². The van der Waals surface area contributed by atoms with Gasteiger partial charge < -0.3 is 14.6 Å². The van der Waals surface area contributed by atoms with Gasteiger partial charge in [-0.25, -0.2) is 0 Å². The Bertz CT molecular complexity index is 692. The molecule has 1 N–H and O–H groups in total. The molecule has 11 atom stereocenters. The summed E-state index contributed by atoms with van der Waals surface area (Å²) in [7, 11) is 0. The monoisotopic (exact) mass is 416 g/mol. The van der Waals surface area contributed by atoms with Crippen molar-refractivity contribution in [3.8, 4) is 0 Å². The summed E-state index contributed by atoms with van der Waals surface area (Å²) >= 11 is 0. The van der Waals surface area contributed by atoms with Crippen molar-refractivity contribution in [2.45, 2.75) is 116 Å². The summed E-state index contributed by atoms with van der Waals surface area (Å²) in [5.74, 6) is 4.36. The van der Waals surface area contributed by atoms with Crippen LogP contribution in [0.1, 0.15) is 98.3 Å². The minimum absolute atomic E-state index is 0.369. The standard InChI is InChI=1S/C27H44O3/c1-17-23-22(30-27(17)14-13-24(2,28)16-29-27)15-21-19-9-8-18-7-5-6-11-25(18,3)20(19)10-12-26(21,23)4/h17-23,28H,5-16H2,1-4H3/t17-,18?,19+,20-,21-,22-,23-,24-,25-,26-,27+/m0/s1.